The highest BCUT2D eigenvalue weighted by atomic mass is 16.7. The molecule has 1 fully saturated rings. The molecule has 77 heavy (non-hydrogen) atoms. The van der Waals surface area contributed by atoms with Gasteiger partial charge in [-0.2, -0.15) is 0 Å². The molecule has 8 rings (SSSR count). The fourth-order valence-corrected chi connectivity index (χ4v) is 9.18. The summed E-state index contributed by atoms with van der Waals surface area (Å²) in [5.74, 6) is -0.0485. The number of benzene rings is 6. The maximum absolute atomic E-state index is 14.8. The van der Waals surface area contributed by atoms with Gasteiger partial charge in [-0.1, -0.05) is 160 Å². The normalized spacial score (nSPS) is 17.3. The topological polar surface area (TPSA) is 154 Å². The Morgan fingerprint density at radius 3 is 1.75 bits per heavy atom. The summed E-state index contributed by atoms with van der Waals surface area (Å²) in [6.07, 6.45) is 4.58. The van der Waals surface area contributed by atoms with Crippen LogP contribution in [0.3, 0.4) is 0 Å². The van der Waals surface area contributed by atoms with Crippen molar-refractivity contribution < 1.29 is 52.5 Å². The van der Waals surface area contributed by atoms with E-state index < -0.39 is 42.2 Å². The number of anilines is 1. The largest absolute Gasteiger partial charge is 0.502 e. The van der Waals surface area contributed by atoms with E-state index in [1.807, 2.05) is 121 Å². The number of amides is 1. The molecule has 0 radical (unpaired) electrons. The van der Waals surface area contributed by atoms with Crippen LogP contribution in [0.4, 0.5) is 5.69 Å². The lowest BCUT2D eigenvalue weighted by Crippen LogP contribution is -2.62. The minimum absolute atomic E-state index is 0.0134. The summed E-state index contributed by atoms with van der Waals surface area (Å²) in [7, 11) is 4.52. The Kier molecular flexibility index (Phi) is 20.7. The van der Waals surface area contributed by atoms with Gasteiger partial charge in [-0.05, 0) is 70.6 Å². The van der Waals surface area contributed by atoms with Gasteiger partial charge in [-0.3, -0.25) is 9.59 Å². The van der Waals surface area contributed by atoms with Crippen LogP contribution < -0.4 is 29.8 Å². The molecule has 404 valence electrons. The number of unbranched alkanes of at least 4 members (excludes halogenated alkanes) is 5. The van der Waals surface area contributed by atoms with Gasteiger partial charge in [0.05, 0.1) is 59.4 Å². The molecule has 1 amide bonds. The number of aromatic nitrogens is 1. The highest BCUT2D eigenvalue weighted by Gasteiger charge is 2.50. The number of fused-ring (bicyclic) bond motifs is 1. The number of nitrogens with one attached hydrogen (secondary N) is 1. The number of carbonyl (C=O) groups is 1. The Bertz CT molecular complexity index is 3000. The molecule has 1 aliphatic heterocycles. The third-order valence-corrected chi connectivity index (χ3v) is 13.3. The number of phenols is 1. The van der Waals surface area contributed by atoms with Crippen LogP contribution in [0, 0.1) is 0 Å². The molecular weight excluding hydrogens is 977 g/mol. The highest BCUT2D eigenvalue weighted by molar-refractivity contribution is 6.03. The lowest BCUT2D eigenvalue weighted by Gasteiger charge is -2.45. The van der Waals surface area contributed by atoms with E-state index in [9.17, 15) is 14.7 Å². The summed E-state index contributed by atoms with van der Waals surface area (Å²) in [5.41, 5.74) is 4.79. The van der Waals surface area contributed by atoms with Crippen molar-refractivity contribution in [3.8, 4) is 28.7 Å². The number of methoxy groups -OCH3 is 2. The van der Waals surface area contributed by atoms with Crippen molar-refractivity contribution in [2.45, 2.75) is 103 Å². The average Bonchev–Trinajstić information content (AvgIpc) is 3.47. The zero-order valence-corrected chi connectivity index (χ0v) is 44.3. The van der Waals surface area contributed by atoms with Gasteiger partial charge in [0.2, 0.25) is 23.7 Å². The van der Waals surface area contributed by atoms with Gasteiger partial charge in [-0.15, -0.1) is 0 Å². The van der Waals surface area contributed by atoms with E-state index in [4.69, 9.17) is 42.6 Å². The number of ether oxygens (including phenoxy) is 9. The molecular formula is C63H70N2O12. The summed E-state index contributed by atoms with van der Waals surface area (Å²) in [6, 6.07) is 48.0. The van der Waals surface area contributed by atoms with E-state index >= 15 is 0 Å². The first-order valence-corrected chi connectivity index (χ1v) is 26.4. The Balaban J connectivity index is 1.18. The molecule has 2 heterocycles. The van der Waals surface area contributed by atoms with Crippen molar-refractivity contribution >= 4 is 28.6 Å². The first-order chi connectivity index (χ1) is 37.7. The molecule has 0 saturated carbocycles. The Hall–Kier alpha value is -7.46. The number of nitrogens with zero attached hydrogens (tertiary/aromatic N) is 1. The summed E-state index contributed by atoms with van der Waals surface area (Å²) >= 11 is 0. The fourth-order valence-electron chi connectivity index (χ4n) is 9.18. The quantitative estimate of drug-likeness (QED) is 0.0354. The van der Waals surface area contributed by atoms with Crippen LogP contribution in [0.1, 0.15) is 73.3 Å². The van der Waals surface area contributed by atoms with Gasteiger partial charge in [0.25, 0.3) is 5.56 Å². The maximum Gasteiger partial charge on any atom is 0.297 e. The Morgan fingerprint density at radius 1 is 0.649 bits per heavy atom. The van der Waals surface area contributed by atoms with E-state index in [0.717, 1.165) is 60.8 Å². The molecule has 1 saturated heterocycles. The standard InChI is InChI=1S/C63H70N2O12/c1-5-6-7-8-9-22-35-72-60-57(50-33-32-49(38-51(50)65(2)62(60)68)64-55(66)34-31-48-36-52(69-3)56(67)53(37-48)70-4)77-63-61(75-42-47-29-20-13-21-30-47)59(74-41-46-27-18-12-19-28-46)58(73-40-45-25-16-11-17-26-45)54(76-63)43-71-39-44-23-14-10-15-24-44/h10-21,23-34,36-38,54,58-59,61,63,67H,5-9,22,35,39-43H2,1-4H3,(H,64,66)/b34-31+/t54-,58-,59+,61-,63+/m1/s1. The molecule has 0 aliphatic carbocycles. The van der Waals surface area contributed by atoms with E-state index in [0.29, 0.717) is 28.8 Å². The third kappa shape index (κ3) is 15.4. The molecule has 1 aliphatic rings. The van der Waals surface area contributed by atoms with Crippen molar-refractivity contribution in [3.63, 3.8) is 0 Å². The molecule has 7 aromatic rings. The minimum Gasteiger partial charge on any atom is -0.502 e. The second kappa shape index (κ2) is 28.6. The smallest absolute Gasteiger partial charge is 0.297 e. The van der Waals surface area contributed by atoms with Gasteiger partial charge >= 0.3 is 0 Å². The molecule has 0 bridgehead atoms. The Labute approximate surface area is 451 Å². The van der Waals surface area contributed by atoms with Crippen molar-refractivity contribution in [1.82, 2.24) is 4.57 Å². The van der Waals surface area contributed by atoms with Crippen LogP contribution in [0.25, 0.3) is 17.0 Å². The molecule has 14 nitrogen and oxygen atoms in total. The molecule has 0 unspecified atom stereocenters. The summed E-state index contributed by atoms with van der Waals surface area (Å²) in [6.45, 7) is 3.50. The van der Waals surface area contributed by atoms with Gasteiger partial charge in [0, 0.05) is 24.2 Å². The molecule has 6 aromatic carbocycles. The lowest BCUT2D eigenvalue weighted by atomic mass is 9.97. The number of rotatable bonds is 28. The summed E-state index contributed by atoms with van der Waals surface area (Å²) in [5, 5.41) is 13.9. The molecule has 1 aromatic heterocycles. The molecule has 14 heteroatoms. The van der Waals surface area contributed by atoms with Gasteiger partial charge < -0.3 is 57.6 Å². The summed E-state index contributed by atoms with van der Waals surface area (Å²) < 4.78 is 60.2. The van der Waals surface area contributed by atoms with Crippen LogP contribution in [0.5, 0.6) is 28.7 Å². The number of pyridine rings is 1. The number of hydrogen-bond acceptors (Lipinski definition) is 12. The van der Waals surface area contributed by atoms with E-state index in [1.165, 1.54) is 24.9 Å². The van der Waals surface area contributed by atoms with Crippen LogP contribution in [0.2, 0.25) is 0 Å². The Morgan fingerprint density at radius 2 is 1.18 bits per heavy atom. The number of phenolic OH excluding ortho intramolecular Hbond substituents is 1. The van der Waals surface area contributed by atoms with Gasteiger partial charge in [0.15, 0.2) is 17.2 Å². The first-order valence-electron chi connectivity index (χ1n) is 26.4. The van der Waals surface area contributed by atoms with Crippen LogP contribution in [-0.4, -0.2) is 73.7 Å². The number of carbonyl (C=O) groups excluding carboxylic acids is 1. The predicted molar refractivity (Wildman–Crippen MR) is 297 cm³/mol. The van der Waals surface area contributed by atoms with Crippen molar-refractivity contribution in [3.05, 3.63) is 196 Å². The number of hydrogen-bond donors (Lipinski definition) is 2. The number of aromatic hydroxyl groups is 1. The summed E-state index contributed by atoms with van der Waals surface area (Å²) in [4.78, 5) is 28.3. The molecule has 5 atom stereocenters. The fraction of sp³-hybridized carbons (Fsp3) is 0.333. The second-order valence-electron chi connectivity index (χ2n) is 18.9. The van der Waals surface area contributed by atoms with Crippen LogP contribution in [0.15, 0.2) is 163 Å². The van der Waals surface area contributed by atoms with Crippen LogP contribution >= 0.6 is 0 Å². The molecule has 0 spiro atoms. The van der Waals surface area contributed by atoms with E-state index in [-0.39, 0.29) is 61.8 Å². The number of aryl methyl sites for hydroxylation is 1. The highest BCUT2D eigenvalue weighted by Crippen LogP contribution is 2.40. The van der Waals surface area contributed by atoms with E-state index in [2.05, 4.69) is 12.2 Å². The zero-order chi connectivity index (χ0) is 53.8. The van der Waals surface area contributed by atoms with Crippen molar-refractivity contribution in [2.75, 3.05) is 32.8 Å². The average molecular weight is 1050 g/mol. The van der Waals surface area contributed by atoms with Gasteiger partial charge in [-0.25, -0.2) is 0 Å². The third-order valence-electron chi connectivity index (χ3n) is 13.3. The molecule has 2 N–H and O–H groups in total. The van der Waals surface area contributed by atoms with Crippen LogP contribution in [-0.2, 0) is 62.0 Å². The zero-order valence-electron chi connectivity index (χ0n) is 44.3. The minimum atomic E-state index is -1.21. The SMILES string of the molecule is CCCCCCCCOc1c(O[C@@H]2O[C@H](COCc3ccccc3)[C@@H](OCc3ccccc3)[C@H](OCc3ccccc3)[C@H]2OCc2ccccc2)c2ccc(NC(=O)/C=C/c3cc(OC)c(O)c(OC)c3)cc2n(C)c1=O. The monoisotopic (exact) mass is 1050 g/mol. The van der Waals surface area contributed by atoms with Crippen molar-refractivity contribution in [2.24, 2.45) is 7.05 Å². The maximum atomic E-state index is 14.8. The predicted octanol–water partition coefficient (Wildman–Crippen LogP) is 11.7. The second-order valence-corrected chi connectivity index (χ2v) is 18.9. The first kappa shape index (κ1) is 55.8. The van der Waals surface area contributed by atoms with E-state index in [1.54, 1.807) is 43.5 Å². The van der Waals surface area contributed by atoms with Gasteiger partial charge in [0.1, 0.15) is 24.4 Å². The van der Waals surface area contributed by atoms with Crippen molar-refractivity contribution in [1.29, 1.82) is 0 Å². The lowest BCUT2D eigenvalue weighted by molar-refractivity contribution is -0.310.